The Bertz CT molecular complexity index is 1060. The molecule has 0 atom stereocenters. The van der Waals surface area contributed by atoms with Crippen molar-refractivity contribution < 1.29 is 23.5 Å². The molecule has 0 spiro atoms. The minimum Gasteiger partial charge on any atom is -0.465 e. The summed E-state index contributed by atoms with van der Waals surface area (Å²) in [6, 6.07) is 13.8. The van der Waals surface area contributed by atoms with E-state index in [1.807, 2.05) is 19.1 Å². The van der Waals surface area contributed by atoms with Gasteiger partial charge in [-0.3, -0.25) is 4.79 Å². The molecule has 0 saturated heterocycles. The van der Waals surface area contributed by atoms with E-state index in [2.05, 4.69) is 0 Å². The Kier molecular flexibility index (Phi) is 4.12. The van der Waals surface area contributed by atoms with Gasteiger partial charge in [0.2, 0.25) is 5.78 Å². The molecule has 1 aliphatic heterocycles. The first-order valence-corrected chi connectivity index (χ1v) is 8.43. The van der Waals surface area contributed by atoms with E-state index in [0.29, 0.717) is 33.9 Å². The van der Waals surface area contributed by atoms with Crippen molar-refractivity contribution in [2.24, 2.45) is 0 Å². The third-order valence-corrected chi connectivity index (χ3v) is 4.34. The van der Waals surface area contributed by atoms with Crippen molar-refractivity contribution in [1.29, 1.82) is 0 Å². The molecule has 5 heteroatoms. The van der Waals surface area contributed by atoms with E-state index >= 15 is 0 Å². The lowest BCUT2D eigenvalue weighted by atomic mass is 10.1. The van der Waals surface area contributed by atoms with Crippen LogP contribution in [0, 0.1) is 13.8 Å². The summed E-state index contributed by atoms with van der Waals surface area (Å²) in [7, 11) is 0. The number of allylic oxidation sites excluding steroid dienone is 1. The largest absolute Gasteiger partial charge is 0.465 e. The lowest BCUT2D eigenvalue weighted by molar-refractivity contribution is 0.0733. The van der Waals surface area contributed by atoms with E-state index in [9.17, 15) is 9.59 Å². The molecule has 0 fully saturated rings. The number of benzene rings is 2. The van der Waals surface area contributed by atoms with Crippen molar-refractivity contribution in [3.63, 3.8) is 0 Å². The van der Waals surface area contributed by atoms with Crippen molar-refractivity contribution in [3.05, 3.63) is 88.6 Å². The average molecular weight is 360 g/mol. The summed E-state index contributed by atoms with van der Waals surface area (Å²) in [5.74, 6) is 0.743. The lowest BCUT2D eigenvalue weighted by Gasteiger charge is -2.10. The standard InChI is InChI=1S/C22H16O5/c1-13-5-7-15(8-6-13)22(24)27-18-10-9-17-20(23)19(26-21(17)14(18)2)12-16-4-3-11-25-16/h3-12H,1-2H3/b19-12-. The Morgan fingerprint density at radius 1 is 1.04 bits per heavy atom. The summed E-state index contributed by atoms with van der Waals surface area (Å²) < 4.78 is 16.5. The summed E-state index contributed by atoms with van der Waals surface area (Å²) in [5.41, 5.74) is 2.53. The summed E-state index contributed by atoms with van der Waals surface area (Å²) in [5, 5.41) is 0. The average Bonchev–Trinajstić information content (AvgIpc) is 3.28. The van der Waals surface area contributed by atoms with Crippen LogP contribution in [0.2, 0.25) is 0 Å². The molecule has 0 radical (unpaired) electrons. The van der Waals surface area contributed by atoms with Crippen LogP contribution >= 0.6 is 0 Å². The number of hydrogen-bond donors (Lipinski definition) is 0. The minimum absolute atomic E-state index is 0.171. The fourth-order valence-electron chi connectivity index (χ4n) is 2.83. The number of furan rings is 1. The molecule has 0 saturated carbocycles. The van der Waals surface area contributed by atoms with E-state index in [0.717, 1.165) is 5.56 Å². The molecule has 5 nitrogen and oxygen atoms in total. The topological polar surface area (TPSA) is 65.7 Å². The van der Waals surface area contributed by atoms with Gasteiger partial charge < -0.3 is 13.9 Å². The molecule has 0 N–H and O–H groups in total. The zero-order chi connectivity index (χ0) is 19.0. The summed E-state index contributed by atoms with van der Waals surface area (Å²) in [4.78, 5) is 24.9. The minimum atomic E-state index is -0.464. The molecule has 2 aromatic carbocycles. The third kappa shape index (κ3) is 3.15. The van der Waals surface area contributed by atoms with Crippen LogP contribution in [0.3, 0.4) is 0 Å². The summed E-state index contributed by atoms with van der Waals surface area (Å²) in [6.07, 6.45) is 3.06. The van der Waals surface area contributed by atoms with Gasteiger partial charge in [0.1, 0.15) is 17.3 Å². The Morgan fingerprint density at radius 2 is 1.81 bits per heavy atom. The number of esters is 1. The van der Waals surface area contributed by atoms with Gasteiger partial charge in [0.05, 0.1) is 17.4 Å². The maximum absolute atomic E-state index is 12.5. The molecular weight excluding hydrogens is 344 g/mol. The molecule has 2 heterocycles. The van der Waals surface area contributed by atoms with E-state index in [-0.39, 0.29) is 11.5 Å². The second kappa shape index (κ2) is 6.61. The van der Waals surface area contributed by atoms with Gasteiger partial charge >= 0.3 is 5.97 Å². The molecule has 0 unspecified atom stereocenters. The van der Waals surface area contributed by atoms with Crippen LogP contribution < -0.4 is 9.47 Å². The maximum Gasteiger partial charge on any atom is 0.343 e. The van der Waals surface area contributed by atoms with Crippen molar-refractivity contribution >= 4 is 17.8 Å². The van der Waals surface area contributed by atoms with Crippen LogP contribution in [-0.4, -0.2) is 11.8 Å². The number of carbonyl (C=O) groups is 2. The normalized spacial score (nSPS) is 14.1. The van der Waals surface area contributed by atoms with Gasteiger partial charge in [-0.1, -0.05) is 17.7 Å². The fraction of sp³-hybridized carbons (Fsp3) is 0.0909. The zero-order valence-corrected chi connectivity index (χ0v) is 14.8. The highest BCUT2D eigenvalue weighted by Gasteiger charge is 2.30. The van der Waals surface area contributed by atoms with Crippen LogP contribution in [0.4, 0.5) is 0 Å². The van der Waals surface area contributed by atoms with E-state index in [1.54, 1.807) is 49.4 Å². The molecular formula is C22H16O5. The summed E-state index contributed by atoms with van der Waals surface area (Å²) >= 11 is 0. The van der Waals surface area contributed by atoms with Crippen LogP contribution in [0.25, 0.3) is 6.08 Å². The van der Waals surface area contributed by atoms with Crippen LogP contribution in [0.5, 0.6) is 11.5 Å². The number of aryl methyl sites for hydroxylation is 1. The Labute approximate surface area is 155 Å². The maximum atomic E-state index is 12.5. The van der Waals surface area contributed by atoms with Gasteiger partial charge in [-0.15, -0.1) is 0 Å². The van der Waals surface area contributed by atoms with Crippen LogP contribution in [0.15, 0.2) is 65.0 Å². The molecule has 27 heavy (non-hydrogen) atoms. The molecule has 0 amide bonds. The van der Waals surface area contributed by atoms with Gasteiger partial charge in [-0.05, 0) is 50.2 Å². The molecule has 4 rings (SSSR count). The number of ether oxygens (including phenoxy) is 2. The molecule has 0 aliphatic carbocycles. The highest BCUT2D eigenvalue weighted by molar-refractivity contribution is 6.14. The Balaban J connectivity index is 1.61. The quantitative estimate of drug-likeness (QED) is 0.384. The van der Waals surface area contributed by atoms with E-state index in [4.69, 9.17) is 13.9 Å². The van der Waals surface area contributed by atoms with Crippen LogP contribution in [0.1, 0.15) is 37.6 Å². The first-order chi connectivity index (χ1) is 13.0. The third-order valence-electron chi connectivity index (χ3n) is 4.34. The van der Waals surface area contributed by atoms with Gasteiger partial charge in [0, 0.05) is 11.6 Å². The number of hydrogen-bond acceptors (Lipinski definition) is 5. The Morgan fingerprint density at radius 3 is 2.52 bits per heavy atom. The van der Waals surface area contributed by atoms with Crippen LogP contribution in [-0.2, 0) is 0 Å². The number of Topliss-reactive ketones (excluding diaryl/α,β-unsaturated/α-hetero) is 1. The van der Waals surface area contributed by atoms with Gasteiger partial charge in [-0.2, -0.15) is 0 Å². The first kappa shape index (κ1) is 16.8. The van der Waals surface area contributed by atoms with E-state index < -0.39 is 5.97 Å². The second-order valence-corrected chi connectivity index (χ2v) is 6.28. The SMILES string of the molecule is Cc1ccc(C(=O)Oc2ccc3c(c2C)O/C(=C\c2ccco2)C3=O)cc1. The number of ketones is 1. The monoisotopic (exact) mass is 360 g/mol. The first-order valence-electron chi connectivity index (χ1n) is 8.43. The number of fused-ring (bicyclic) bond motifs is 1. The molecule has 1 aliphatic rings. The van der Waals surface area contributed by atoms with E-state index in [1.165, 1.54) is 6.26 Å². The zero-order valence-electron chi connectivity index (χ0n) is 14.8. The Hall–Kier alpha value is -3.60. The molecule has 3 aromatic rings. The van der Waals surface area contributed by atoms with Crippen molar-refractivity contribution in [2.45, 2.75) is 13.8 Å². The van der Waals surface area contributed by atoms with Gasteiger partial charge in [0.25, 0.3) is 0 Å². The number of carbonyl (C=O) groups excluding carboxylic acids is 2. The van der Waals surface area contributed by atoms with Crippen molar-refractivity contribution in [1.82, 2.24) is 0 Å². The lowest BCUT2D eigenvalue weighted by Crippen LogP contribution is -2.09. The van der Waals surface area contributed by atoms with Crippen molar-refractivity contribution in [3.8, 4) is 11.5 Å². The highest BCUT2D eigenvalue weighted by Crippen LogP contribution is 2.39. The summed E-state index contributed by atoms with van der Waals surface area (Å²) in [6.45, 7) is 3.70. The van der Waals surface area contributed by atoms with Crippen molar-refractivity contribution in [2.75, 3.05) is 0 Å². The molecule has 134 valence electrons. The fourth-order valence-corrected chi connectivity index (χ4v) is 2.83. The smallest absolute Gasteiger partial charge is 0.343 e. The second-order valence-electron chi connectivity index (χ2n) is 6.28. The molecule has 1 aromatic heterocycles. The van der Waals surface area contributed by atoms with Gasteiger partial charge in [0.15, 0.2) is 5.76 Å². The predicted molar refractivity (Wildman–Crippen MR) is 99.0 cm³/mol. The number of rotatable bonds is 3. The highest BCUT2D eigenvalue weighted by atomic mass is 16.5. The van der Waals surface area contributed by atoms with Gasteiger partial charge in [-0.25, -0.2) is 4.79 Å². The predicted octanol–water partition coefficient (Wildman–Crippen LogP) is 4.73. The molecule has 0 bridgehead atoms.